The van der Waals surface area contributed by atoms with Crippen LogP contribution in [-0.2, 0) is 6.42 Å². The Labute approximate surface area is 177 Å². The molecule has 0 bridgehead atoms. The zero-order chi connectivity index (χ0) is 21.6. The van der Waals surface area contributed by atoms with Crippen LogP contribution in [0.25, 0.3) is 0 Å². The lowest BCUT2D eigenvalue weighted by atomic mass is 10.1. The molecule has 9 heteroatoms. The molecule has 3 rings (SSSR count). The average molecular weight is 417 g/mol. The van der Waals surface area contributed by atoms with Gasteiger partial charge >= 0.3 is 0 Å². The smallest absolute Gasteiger partial charge is 0.231 e. The Morgan fingerprint density at radius 2 is 1.73 bits per heavy atom. The van der Waals surface area contributed by atoms with Crippen molar-refractivity contribution in [2.75, 3.05) is 56.0 Å². The number of rotatable bonds is 10. The summed E-state index contributed by atoms with van der Waals surface area (Å²) in [5.74, 6) is 3.06. The Kier molecular flexibility index (Phi) is 7.15. The van der Waals surface area contributed by atoms with Gasteiger partial charge in [-0.2, -0.15) is 15.0 Å². The summed E-state index contributed by atoms with van der Waals surface area (Å²) >= 11 is 0. The second-order valence-corrected chi connectivity index (χ2v) is 8.01. The van der Waals surface area contributed by atoms with Gasteiger partial charge in [-0.3, -0.25) is 0 Å². The number of hydrogen-bond acceptors (Lipinski definition) is 9. The molecule has 9 nitrogen and oxygen atoms in total. The summed E-state index contributed by atoms with van der Waals surface area (Å²) in [6.45, 7) is 6.31. The topological polar surface area (TPSA) is 105 Å². The maximum Gasteiger partial charge on any atom is 0.231 e. The highest BCUT2D eigenvalue weighted by atomic mass is 16.5. The maximum absolute atomic E-state index is 9.57. The number of nitrogens with zero attached hydrogens (tertiary/aromatic N) is 4. The summed E-state index contributed by atoms with van der Waals surface area (Å²) in [5.41, 5.74) is 0.592. The van der Waals surface area contributed by atoms with E-state index in [0.717, 1.165) is 37.9 Å². The number of ether oxygens (including phenoxy) is 2. The predicted octanol–water partition coefficient (Wildman–Crippen LogP) is 2.33. The van der Waals surface area contributed by atoms with Gasteiger partial charge in [0.05, 0.1) is 26.4 Å². The summed E-state index contributed by atoms with van der Waals surface area (Å²) in [4.78, 5) is 15.8. The van der Waals surface area contributed by atoms with Gasteiger partial charge in [0, 0.05) is 19.6 Å². The molecule has 1 aromatic carbocycles. The Hall–Kier alpha value is -2.81. The van der Waals surface area contributed by atoms with Gasteiger partial charge < -0.3 is 30.1 Å². The molecule has 0 radical (unpaired) electrons. The lowest BCUT2D eigenvalue weighted by Gasteiger charge is -2.24. The third-order valence-electron chi connectivity index (χ3n) is 5.00. The molecule has 0 unspecified atom stereocenters. The fraction of sp³-hybridized carbons (Fsp3) is 0.571. The van der Waals surface area contributed by atoms with E-state index in [1.807, 2.05) is 32.0 Å². The SMILES string of the molecule is COc1ccc(CCNc2nc(NC(C)(C)CO)nc(N3CCCC3)n2)cc1OC. The summed E-state index contributed by atoms with van der Waals surface area (Å²) in [6, 6.07) is 5.89. The maximum atomic E-state index is 9.57. The van der Waals surface area contributed by atoms with E-state index in [-0.39, 0.29) is 6.61 Å². The van der Waals surface area contributed by atoms with Crippen LogP contribution in [0, 0.1) is 0 Å². The van der Waals surface area contributed by atoms with E-state index in [4.69, 9.17) is 9.47 Å². The first-order valence-corrected chi connectivity index (χ1v) is 10.3. The van der Waals surface area contributed by atoms with E-state index < -0.39 is 5.54 Å². The lowest BCUT2D eigenvalue weighted by molar-refractivity contribution is 0.233. The number of hydrogen-bond donors (Lipinski definition) is 3. The molecule has 30 heavy (non-hydrogen) atoms. The molecule has 164 valence electrons. The standard InChI is InChI=1S/C21H32N6O3/c1-21(2,14-28)26-19-23-18(24-20(25-19)27-11-5-6-12-27)22-10-9-15-7-8-16(29-3)17(13-15)30-4/h7-8,13,28H,5-6,9-12,14H2,1-4H3,(H2,22,23,24,25,26). The molecule has 2 heterocycles. The summed E-state index contributed by atoms with van der Waals surface area (Å²) in [5, 5.41) is 16.1. The van der Waals surface area contributed by atoms with Crippen LogP contribution in [0.3, 0.4) is 0 Å². The molecule has 1 saturated heterocycles. The number of aromatic nitrogens is 3. The average Bonchev–Trinajstić information content (AvgIpc) is 3.28. The molecule has 1 aromatic heterocycles. The first kappa shape index (κ1) is 21.9. The van der Waals surface area contributed by atoms with Crippen LogP contribution in [0.1, 0.15) is 32.3 Å². The highest BCUT2D eigenvalue weighted by Gasteiger charge is 2.21. The first-order valence-electron chi connectivity index (χ1n) is 10.3. The Balaban J connectivity index is 1.71. The number of aliphatic hydroxyl groups is 1. The molecule has 0 amide bonds. The van der Waals surface area contributed by atoms with E-state index in [1.165, 1.54) is 0 Å². The van der Waals surface area contributed by atoms with Crippen LogP contribution in [0.4, 0.5) is 17.8 Å². The van der Waals surface area contributed by atoms with Gasteiger partial charge in [0.2, 0.25) is 17.8 Å². The van der Waals surface area contributed by atoms with Crippen molar-refractivity contribution in [1.82, 2.24) is 15.0 Å². The van der Waals surface area contributed by atoms with Gasteiger partial charge in [-0.05, 0) is 50.8 Å². The van der Waals surface area contributed by atoms with E-state index in [9.17, 15) is 5.11 Å². The van der Waals surface area contributed by atoms with Crippen LogP contribution in [-0.4, -0.2) is 66.1 Å². The van der Waals surface area contributed by atoms with Gasteiger partial charge in [-0.15, -0.1) is 0 Å². The van der Waals surface area contributed by atoms with Crippen molar-refractivity contribution in [3.05, 3.63) is 23.8 Å². The second-order valence-electron chi connectivity index (χ2n) is 8.01. The fourth-order valence-corrected chi connectivity index (χ4v) is 3.26. The summed E-state index contributed by atoms with van der Waals surface area (Å²) in [6.07, 6.45) is 3.05. The third kappa shape index (κ3) is 5.63. The Morgan fingerprint density at radius 1 is 1.03 bits per heavy atom. The molecular formula is C21H32N6O3. The largest absolute Gasteiger partial charge is 0.493 e. The van der Waals surface area contributed by atoms with Crippen molar-refractivity contribution in [1.29, 1.82) is 0 Å². The number of nitrogens with one attached hydrogen (secondary N) is 2. The highest BCUT2D eigenvalue weighted by molar-refractivity contribution is 5.46. The minimum Gasteiger partial charge on any atom is -0.493 e. The van der Waals surface area contributed by atoms with Gasteiger partial charge in [-0.25, -0.2) is 0 Å². The number of benzene rings is 1. The molecule has 1 fully saturated rings. The van der Waals surface area contributed by atoms with Crippen molar-refractivity contribution in [3.8, 4) is 11.5 Å². The third-order valence-corrected chi connectivity index (χ3v) is 5.00. The van der Waals surface area contributed by atoms with E-state index in [2.05, 4.69) is 30.5 Å². The Bertz CT molecular complexity index is 839. The molecule has 2 aromatic rings. The number of methoxy groups -OCH3 is 2. The second kappa shape index (κ2) is 9.80. The normalized spacial score (nSPS) is 14.0. The monoisotopic (exact) mass is 416 g/mol. The molecule has 1 aliphatic rings. The van der Waals surface area contributed by atoms with Crippen LogP contribution in [0.5, 0.6) is 11.5 Å². The zero-order valence-electron chi connectivity index (χ0n) is 18.2. The Morgan fingerprint density at radius 3 is 2.40 bits per heavy atom. The quantitative estimate of drug-likeness (QED) is 0.538. The summed E-state index contributed by atoms with van der Waals surface area (Å²) in [7, 11) is 3.26. The van der Waals surface area contributed by atoms with Gasteiger partial charge in [0.1, 0.15) is 0 Å². The molecule has 0 spiro atoms. The van der Waals surface area contributed by atoms with Crippen LogP contribution >= 0.6 is 0 Å². The highest BCUT2D eigenvalue weighted by Crippen LogP contribution is 2.27. The van der Waals surface area contributed by atoms with Gasteiger partial charge in [0.25, 0.3) is 0 Å². The molecular weight excluding hydrogens is 384 g/mol. The molecule has 0 saturated carbocycles. The van der Waals surface area contributed by atoms with Crippen molar-refractivity contribution < 1.29 is 14.6 Å². The van der Waals surface area contributed by atoms with E-state index >= 15 is 0 Å². The van der Waals surface area contributed by atoms with Crippen LogP contribution < -0.4 is 25.0 Å². The van der Waals surface area contributed by atoms with Crippen molar-refractivity contribution in [2.45, 2.75) is 38.6 Å². The van der Waals surface area contributed by atoms with Gasteiger partial charge in [0.15, 0.2) is 11.5 Å². The minimum absolute atomic E-state index is 0.0280. The van der Waals surface area contributed by atoms with E-state index in [1.54, 1.807) is 14.2 Å². The van der Waals surface area contributed by atoms with Gasteiger partial charge in [-0.1, -0.05) is 6.07 Å². The minimum atomic E-state index is -0.527. The van der Waals surface area contributed by atoms with E-state index in [0.29, 0.717) is 35.9 Å². The lowest BCUT2D eigenvalue weighted by Crippen LogP contribution is -2.36. The molecule has 0 aliphatic carbocycles. The van der Waals surface area contributed by atoms with Crippen LogP contribution in [0.2, 0.25) is 0 Å². The molecule has 1 aliphatic heterocycles. The van der Waals surface area contributed by atoms with Crippen LogP contribution in [0.15, 0.2) is 18.2 Å². The number of aliphatic hydroxyl groups excluding tert-OH is 1. The first-order chi connectivity index (χ1) is 14.4. The predicted molar refractivity (Wildman–Crippen MR) is 118 cm³/mol. The fourth-order valence-electron chi connectivity index (χ4n) is 3.26. The molecule has 3 N–H and O–H groups in total. The molecule has 0 atom stereocenters. The van der Waals surface area contributed by atoms with Crippen molar-refractivity contribution in [3.63, 3.8) is 0 Å². The zero-order valence-corrected chi connectivity index (χ0v) is 18.2. The van der Waals surface area contributed by atoms with Crippen molar-refractivity contribution >= 4 is 17.8 Å². The number of anilines is 3. The summed E-state index contributed by atoms with van der Waals surface area (Å²) < 4.78 is 10.7. The van der Waals surface area contributed by atoms with Crippen molar-refractivity contribution in [2.24, 2.45) is 0 Å².